The summed E-state index contributed by atoms with van der Waals surface area (Å²) >= 11 is 0. The first-order valence-electron chi connectivity index (χ1n) is 8.71. The molecule has 1 aromatic carbocycles. The van der Waals surface area contributed by atoms with Crippen LogP contribution in [0, 0.1) is 18.3 Å². The van der Waals surface area contributed by atoms with E-state index in [0.29, 0.717) is 22.3 Å². The van der Waals surface area contributed by atoms with Crippen LogP contribution in [0.5, 0.6) is 0 Å². The molecular formula is C19H19N5O4. The highest BCUT2D eigenvalue weighted by Crippen LogP contribution is 2.41. The smallest absolute Gasteiger partial charge is 0.165 e. The number of fused-ring (bicyclic) bond motifs is 1. The predicted molar refractivity (Wildman–Crippen MR) is 99.8 cm³/mol. The van der Waals surface area contributed by atoms with Gasteiger partial charge in [0.05, 0.1) is 23.3 Å². The minimum Gasteiger partial charge on any atom is -0.394 e. The minimum atomic E-state index is -1.33. The van der Waals surface area contributed by atoms with Gasteiger partial charge in [0.25, 0.3) is 0 Å². The topological polar surface area (TPSA) is 150 Å². The summed E-state index contributed by atoms with van der Waals surface area (Å²) < 4.78 is 7.26. The van der Waals surface area contributed by atoms with Crippen LogP contribution in [0.4, 0.5) is 5.82 Å². The van der Waals surface area contributed by atoms with Crippen molar-refractivity contribution in [3.8, 4) is 17.3 Å². The number of nitrogens with zero attached hydrogens (tertiary/aromatic N) is 4. The molecule has 3 heterocycles. The van der Waals surface area contributed by atoms with Crippen molar-refractivity contribution in [2.24, 2.45) is 0 Å². The number of aliphatic hydroxyl groups excluding tert-OH is 3. The Morgan fingerprint density at radius 3 is 2.54 bits per heavy atom. The third-order valence-corrected chi connectivity index (χ3v) is 5.02. The van der Waals surface area contributed by atoms with Crippen LogP contribution in [0.15, 0.2) is 30.6 Å². The second kappa shape index (κ2) is 6.85. The first-order valence-corrected chi connectivity index (χ1v) is 8.71. The molecule has 4 atom stereocenters. The van der Waals surface area contributed by atoms with E-state index >= 15 is 0 Å². The van der Waals surface area contributed by atoms with Gasteiger partial charge < -0.3 is 25.8 Å². The van der Waals surface area contributed by atoms with Crippen LogP contribution in [-0.2, 0) is 4.74 Å². The van der Waals surface area contributed by atoms with Crippen LogP contribution in [0.25, 0.3) is 22.3 Å². The van der Waals surface area contributed by atoms with Gasteiger partial charge in [-0.2, -0.15) is 5.26 Å². The molecule has 3 aromatic rings. The van der Waals surface area contributed by atoms with Gasteiger partial charge in [0.15, 0.2) is 6.23 Å². The Labute approximate surface area is 160 Å². The summed E-state index contributed by atoms with van der Waals surface area (Å²) in [6.07, 6.45) is -3.40. The third kappa shape index (κ3) is 2.63. The molecule has 1 saturated heterocycles. The van der Waals surface area contributed by atoms with Crippen molar-refractivity contribution in [1.29, 1.82) is 5.26 Å². The Morgan fingerprint density at radius 1 is 1.21 bits per heavy atom. The highest BCUT2D eigenvalue weighted by atomic mass is 16.6. The fraction of sp³-hybridized carbons (Fsp3) is 0.316. The number of nitrogen functional groups attached to an aromatic ring is 1. The van der Waals surface area contributed by atoms with Gasteiger partial charge >= 0.3 is 0 Å². The number of benzene rings is 1. The highest BCUT2D eigenvalue weighted by molar-refractivity contribution is 5.98. The van der Waals surface area contributed by atoms with E-state index in [9.17, 15) is 20.6 Å². The predicted octanol–water partition coefficient (Wildman–Crippen LogP) is 0.472. The van der Waals surface area contributed by atoms with E-state index in [1.54, 1.807) is 4.57 Å². The van der Waals surface area contributed by atoms with Crippen LogP contribution >= 0.6 is 0 Å². The molecule has 28 heavy (non-hydrogen) atoms. The summed E-state index contributed by atoms with van der Waals surface area (Å²) in [6, 6.07) is 9.62. The van der Waals surface area contributed by atoms with E-state index in [-0.39, 0.29) is 11.4 Å². The van der Waals surface area contributed by atoms with Crippen molar-refractivity contribution < 1.29 is 20.1 Å². The van der Waals surface area contributed by atoms with Crippen molar-refractivity contribution in [1.82, 2.24) is 14.5 Å². The number of aryl methyl sites for hydroxylation is 1. The molecule has 0 spiro atoms. The van der Waals surface area contributed by atoms with Crippen LogP contribution in [0.2, 0.25) is 0 Å². The standard InChI is InChI=1S/C19H19N5O4/c1-9-2-4-10(5-3-9)14-11(6-20)13-17(21)22-8-23-18(13)24(14)19-16(27)15(26)12(7-25)28-19/h2-5,8,12,15-16,19,25-27H,7H2,1H3,(H2,21,22,23)/t12-,15+,16-,19-/m0/s1. The molecule has 2 aromatic heterocycles. The zero-order valence-electron chi connectivity index (χ0n) is 15.0. The third-order valence-electron chi connectivity index (χ3n) is 5.02. The van der Waals surface area contributed by atoms with Crippen molar-refractivity contribution in [3.63, 3.8) is 0 Å². The Bertz CT molecular complexity index is 1070. The summed E-state index contributed by atoms with van der Waals surface area (Å²) in [4.78, 5) is 8.23. The number of hydrogen-bond acceptors (Lipinski definition) is 8. The number of aliphatic hydroxyl groups is 3. The highest BCUT2D eigenvalue weighted by Gasteiger charge is 2.45. The number of nitriles is 1. The molecule has 0 saturated carbocycles. The zero-order valence-corrected chi connectivity index (χ0v) is 15.0. The minimum absolute atomic E-state index is 0.125. The molecule has 0 aliphatic carbocycles. The lowest BCUT2D eigenvalue weighted by Crippen LogP contribution is -2.33. The summed E-state index contributed by atoms with van der Waals surface area (Å²) in [7, 11) is 0. The quantitative estimate of drug-likeness (QED) is 0.511. The first-order chi connectivity index (χ1) is 13.5. The summed E-state index contributed by atoms with van der Waals surface area (Å²) in [5, 5.41) is 40.4. The normalized spacial score (nSPS) is 24.5. The Kier molecular flexibility index (Phi) is 4.49. The molecular weight excluding hydrogens is 362 g/mol. The fourth-order valence-corrected chi connectivity index (χ4v) is 3.60. The van der Waals surface area contributed by atoms with Crippen molar-refractivity contribution in [2.45, 2.75) is 31.5 Å². The largest absolute Gasteiger partial charge is 0.394 e. The monoisotopic (exact) mass is 381 g/mol. The van der Waals surface area contributed by atoms with Crippen LogP contribution in [0.1, 0.15) is 17.4 Å². The second-order valence-electron chi connectivity index (χ2n) is 6.76. The number of hydrogen-bond donors (Lipinski definition) is 4. The lowest BCUT2D eigenvalue weighted by Gasteiger charge is -2.20. The molecule has 1 fully saturated rings. The van der Waals surface area contributed by atoms with Gasteiger partial charge in [0.2, 0.25) is 0 Å². The van der Waals surface area contributed by atoms with E-state index in [1.165, 1.54) is 6.33 Å². The van der Waals surface area contributed by atoms with E-state index in [4.69, 9.17) is 10.5 Å². The van der Waals surface area contributed by atoms with Crippen molar-refractivity contribution >= 4 is 16.9 Å². The van der Waals surface area contributed by atoms with Gasteiger partial charge in [-0.1, -0.05) is 29.8 Å². The number of aromatic nitrogens is 3. The maximum Gasteiger partial charge on any atom is 0.165 e. The molecule has 9 nitrogen and oxygen atoms in total. The van der Waals surface area contributed by atoms with Gasteiger partial charge in [-0.25, -0.2) is 9.97 Å². The van der Waals surface area contributed by atoms with E-state index < -0.39 is 31.1 Å². The Morgan fingerprint density at radius 2 is 1.93 bits per heavy atom. The van der Waals surface area contributed by atoms with Gasteiger partial charge in [0.1, 0.15) is 42.2 Å². The summed E-state index contributed by atoms with van der Waals surface area (Å²) in [5.74, 6) is 0.125. The number of rotatable bonds is 3. The summed E-state index contributed by atoms with van der Waals surface area (Å²) in [6.45, 7) is 1.48. The second-order valence-corrected chi connectivity index (χ2v) is 6.76. The number of nitrogens with two attached hydrogens (primary N) is 1. The number of anilines is 1. The van der Waals surface area contributed by atoms with Crippen LogP contribution in [-0.4, -0.2) is 54.8 Å². The van der Waals surface area contributed by atoms with E-state index in [2.05, 4.69) is 16.0 Å². The molecule has 0 radical (unpaired) electrons. The van der Waals surface area contributed by atoms with Gasteiger partial charge in [0, 0.05) is 0 Å². The van der Waals surface area contributed by atoms with Gasteiger partial charge in [-0.3, -0.25) is 4.57 Å². The Balaban J connectivity index is 2.05. The van der Waals surface area contributed by atoms with Crippen LogP contribution in [0.3, 0.4) is 0 Å². The first kappa shape index (κ1) is 18.3. The van der Waals surface area contributed by atoms with E-state index in [0.717, 1.165) is 5.56 Å². The molecule has 1 aliphatic heterocycles. The molecule has 144 valence electrons. The van der Waals surface area contributed by atoms with E-state index in [1.807, 2.05) is 31.2 Å². The van der Waals surface area contributed by atoms with Crippen LogP contribution < -0.4 is 5.73 Å². The van der Waals surface area contributed by atoms with Crippen molar-refractivity contribution in [3.05, 3.63) is 41.7 Å². The molecule has 4 rings (SSSR count). The lowest BCUT2D eigenvalue weighted by atomic mass is 10.0. The summed E-state index contributed by atoms with van der Waals surface area (Å²) in [5.41, 5.74) is 8.74. The maximum absolute atomic E-state index is 10.6. The fourth-order valence-electron chi connectivity index (χ4n) is 3.60. The maximum atomic E-state index is 10.6. The molecule has 0 unspecified atom stereocenters. The number of ether oxygens (including phenoxy) is 1. The lowest BCUT2D eigenvalue weighted by molar-refractivity contribution is -0.0501. The average Bonchev–Trinajstić information content (AvgIpc) is 3.18. The SMILES string of the molecule is Cc1ccc(-c2c(C#N)c3c(N)ncnc3n2[C@H]2O[C@@H](CO)[C@@H](O)[C@@H]2O)cc1. The zero-order chi connectivity index (χ0) is 20.0. The molecule has 0 amide bonds. The Hall–Kier alpha value is -3.03. The van der Waals surface area contributed by atoms with Gasteiger partial charge in [-0.15, -0.1) is 0 Å². The van der Waals surface area contributed by atoms with Crippen molar-refractivity contribution in [2.75, 3.05) is 12.3 Å². The molecule has 9 heteroatoms. The molecule has 0 bridgehead atoms. The molecule has 1 aliphatic rings. The molecule has 5 N–H and O–H groups in total. The average molecular weight is 381 g/mol. The van der Waals surface area contributed by atoms with Gasteiger partial charge in [-0.05, 0) is 12.5 Å².